The Hall–Kier alpha value is -0.530. The van der Waals surface area contributed by atoms with E-state index in [0.29, 0.717) is 0 Å². The van der Waals surface area contributed by atoms with Gasteiger partial charge in [0.2, 0.25) is 0 Å². The molecule has 3 nitrogen and oxygen atoms in total. The van der Waals surface area contributed by atoms with Crippen LogP contribution in [0.5, 0.6) is 0 Å². The van der Waals surface area contributed by atoms with Crippen LogP contribution in [0.3, 0.4) is 0 Å². The Kier molecular flexibility index (Phi) is 7.69. The average Bonchev–Trinajstić information content (AvgIpc) is 2.22. The predicted molar refractivity (Wildman–Crippen MR) is 83.0 cm³/mol. The largest absolute Gasteiger partial charge is 0.441 e. The predicted octanol–water partition coefficient (Wildman–Crippen LogP) is 3.37. The van der Waals surface area contributed by atoms with E-state index in [-0.39, 0.29) is 16.4 Å². The molecule has 0 aromatic heterocycles. The van der Waals surface area contributed by atoms with Crippen molar-refractivity contribution in [3.8, 4) is 12.0 Å². The maximum atomic E-state index is 12.1. The van der Waals surface area contributed by atoms with Crippen LogP contribution in [-0.2, 0) is 15.7 Å². The van der Waals surface area contributed by atoms with E-state index in [4.69, 9.17) is 4.74 Å². The van der Waals surface area contributed by atoms with E-state index < -0.39 is 11.0 Å². The van der Waals surface area contributed by atoms with Gasteiger partial charge < -0.3 is 4.74 Å². The second kappa shape index (κ2) is 7.91. The molecule has 0 aliphatic carbocycles. The highest BCUT2D eigenvalue weighted by Gasteiger charge is 2.22. The minimum Gasteiger partial charge on any atom is -0.441 e. The van der Waals surface area contributed by atoms with E-state index in [9.17, 15) is 4.21 Å². The number of hydrogen-bond acceptors (Lipinski definition) is 2. The summed E-state index contributed by atoms with van der Waals surface area (Å²) in [4.78, 5) is 0. The van der Waals surface area contributed by atoms with Gasteiger partial charge in [0, 0.05) is 0 Å². The number of unbranched alkanes of at least 4 members (excludes halogenated alkanes) is 1. The van der Waals surface area contributed by atoms with E-state index in [0.717, 1.165) is 19.3 Å². The summed E-state index contributed by atoms with van der Waals surface area (Å²) in [6.45, 7) is 13.9. The summed E-state index contributed by atoms with van der Waals surface area (Å²) in [5, 5.41) is 0. The lowest BCUT2D eigenvalue weighted by molar-refractivity contribution is 0.0960. The molecule has 0 rings (SSSR count). The Morgan fingerprint density at radius 1 is 1.21 bits per heavy atom. The Morgan fingerprint density at radius 3 is 2.21 bits per heavy atom. The summed E-state index contributed by atoms with van der Waals surface area (Å²) in [6, 6.07) is -0.0811. The Morgan fingerprint density at radius 2 is 1.79 bits per heavy atom. The third-order valence-electron chi connectivity index (χ3n) is 2.24. The van der Waals surface area contributed by atoms with Crippen LogP contribution in [0.1, 0.15) is 67.7 Å². The summed E-state index contributed by atoms with van der Waals surface area (Å²) < 4.78 is 20.3. The molecular weight excluding hydrogens is 258 g/mol. The van der Waals surface area contributed by atoms with Gasteiger partial charge >= 0.3 is 0 Å². The molecule has 0 heterocycles. The first-order valence-corrected chi connectivity index (χ1v) is 8.08. The third kappa shape index (κ3) is 9.98. The van der Waals surface area contributed by atoms with Crippen molar-refractivity contribution in [3.05, 3.63) is 0 Å². The average molecular weight is 287 g/mol. The van der Waals surface area contributed by atoms with E-state index in [1.165, 1.54) is 0 Å². The Bertz CT molecular complexity index is 342. The maximum Gasteiger partial charge on any atom is 0.112 e. The fourth-order valence-electron chi connectivity index (χ4n) is 1.13. The highest BCUT2D eigenvalue weighted by atomic mass is 32.2. The van der Waals surface area contributed by atoms with Crippen LogP contribution in [0, 0.1) is 12.0 Å². The van der Waals surface area contributed by atoms with Crippen molar-refractivity contribution in [2.24, 2.45) is 0 Å². The molecule has 0 spiro atoms. The molecule has 0 aromatic rings. The highest BCUT2D eigenvalue weighted by molar-refractivity contribution is 7.84. The Labute approximate surface area is 121 Å². The summed E-state index contributed by atoms with van der Waals surface area (Å²) >= 11 is 0. The maximum absolute atomic E-state index is 12.1. The lowest BCUT2D eigenvalue weighted by Crippen LogP contribution is -2.39. The van der Waals surface area contributed by atoms with Crippen molar-refractivity contribution in [1.82, 2.24) is 4.72 Å². The minimum atomic E-state index is -1.10. The number of rotatable bonds is 5. The van der Waals surface area contributed by atoms with E-state index in [1.54, 1.807) is 0 Å². The molecule has 112 valence electrons. The van der Waals surface area contributed by atoms with Gasteiger partial charge in [-0.05, 0) is 53.9 Å². The van der Waals surface area contributed by atoms with Gasteiger partial charge in [0.1, 0.15) is 11.7 Å². The molecule has 0 aliphatic heterocycles. The van der Waals surface area contributed by atoms with Crippen LogP contribution in [0.25, 0.3) is 0 Å². The first kappa shape index (κ1) is 18.5. The van der Waals surface area contributed by atoms with Crippen LogP contribution in [0.4, 0.5) is 0 Å². The fourth-order valence-corrected chi connectivity index (χ4v) is 1.92. The first-order chi connectivity index (χ1) is 8.56. The topological polar surface area (TPSA) is 38.3 Å². The summed E-state index contributed by atoms with van der Waals surface area (Å²) in [6.07, 6.45) is 5.79. The zero-order valence-corrected chi connectivity index (χ0v) is 14.2. The number of ether oxygens (including phenoxy) is 1. The number of nitrogens with one attached hydrogen (secondary N) is 1. The molecule has 2 atom stereocenters. The quantitative estimate of drug-likeness (QED) is 0.787. The van der Waals surface area contributed by atoms with Crippen LogP contribution in [-0.4, -0.2) is 20.6 Å². The molecule has 0 saturated heterocycles. The minimum absolute atomic E-state index is 0.0811. The van der Waals surface area contributed by atoms with Crippen molar-refractivity contribution in [2.45, 2.75) is 84.1 Å². The van der Waals surface area contributed by atoms with Gasteiger partial charge in [-0.1, -0.05) is 19.8 Å². The van der Waals surface area contributed by atoms with Crippen molar-refractivity contribution in [3.63, 3.8) is 0 Å². The molecule has 0 aromatic carbocycles. The fraction of sp³-hybridized carbons (Fsp3) is 0.867. The lowest BCUT2D eigenvalue weighted by atomic mass is 10.1. The zero-order valence-electron chi connectivity index (χ0n) is 13.4. The van der Waals surface area contributed by atoms with Crippen molar-refractivity contribution in [1.29, 1.82) is 0 Å². The molecular formula is C15H29NO2S. The molecule has 0 amide bonds. The van der Waals surface area contributed by atoms with E-state index >= 15 is 0 Å². The second-order valence-electron chi connectivity index (χ2n) is 6.65. The van der Waals surface area contributed by atoms with Crippen LogP contribution >= 0.6 is 0 Å². The molecule has 0 unspecified atom stereocenters. The van der Waals surface area contributed by atoms with Gasteiger partial charge in [-0.3, -0.25) is 0 Å². The van der Waals surface area contributed by atoms with Gasteiger partial charge in [-0.25, -0.2) is 8.93 Å². The van der Waals surface area contributed by atoms with Gasteiger partial charge in [0.25, 0.3) is 0 Å². The third-order valence-corrected chi connectivity index (χ3v) is 3.85. The van der Waals surface area contributed by atoms with Crippen LogP contribution in [0.2, 0.25) is 0 Å². The lowest BCUT2D eigenvalue weighted by Gasteiger charge is -2.21. The molecule has 4 heteroatoms. The van der Waals surface area contributed by atoms with Crippen molar-refractivity contribution >= 4 is 11.0 Å². The molecule has 0 radical (unpaired) electrons. The van der Waals surface area contributed by atoms with Crippen molar-refractivity contribution < 1.29 is 8.95 Å². The van der Waals surface area contributed by atoms with E-state index in [1.807, 2.05) is 41.5 Å². The van der Waals surface area contributed by atoms with Crippen LogP contribution < -0.4 is 4.72 Å². The summed E-state index contributed by atoms with van der Waals surface area (Å²) in [5.41, 5.74) is -0.272. The van der Waals surface area contributed by atoms with Crippen molar-refractivity contribution in [2.75, 3.05) is 0 Å². The molecule has 0 aliphatic rings. The smallest absolute Gasteiger partial charge is 0.112 e. The standard InChI is InChI=1S/C15H29NO2S/c1-8-9-10-13(11-12-18-14(2,3)4)16-19(17)15(5,6)7/h13,16H,8-10H2,1-7H3/t13-,19-/m0/s1. The van der Waals surface area contributed by atoms with Gasteiger partial charge in [0.05, 0.1) is 21.8 Å². The normalized spacial score (nSPS) is 15.3. The van der Waals surface area contributed by atoms with E-state index in [2.05, 4.69) is 23.7 Å². The second-order valence-corrected chi connectivity index (χ2v) is 8.65. The molecule has 0 fully saturated rings. The molecule has 19 heavy (non-hydrogen) atoms. The summed E-state index contributed by atoms with van der Waals surface area (Å²) in [5.74, 6) is 3.04. The monoisotopic (exact) mass is 287 g/mol. The zero-order chi connectivity index (χ0) is 15.1. The number of hydrogen-bond donors (Lipinski definition) is 1. The first-order valence-electron chi connectivity index (χ1n) is 6.93. The highest BCUT2D eigenvalue weighted by Crippen LogP contribution is 2.11. The SMILES string of the molecule is CCCC[C@@H](C#COC(C)(C)C)N[S@@](=O)C(C)(C)C. The van der Waals surface area contributed by atoms with Crippen LogP contribution in [0.15, 0.2) is 0 Å². The van der Waals surface area contributed by atoms with Gasteiger partial charge in [-0.15, -0.1) is 0 Å². The molecule has 0 saturated carbocycles. The molecule has 1 N–H and O–H groups in total. The Balaban J connectivity index is 4.59. The van der Waals surface area contributed by atoms with Gasteiger partial charge in [0.15, 0.2) is 0 Å². The molecule has 0 bridgehead atoms. The summed E-state index contributed by atoms with van der Waals surface area (Å²) in [7, 11) is -1.10. The van der Waals surface area contributed by atoms with Gasteiger partial charge in [-0.2, -0.15) is 0 Å².